The summed E-state index contributed by atoms with van der Waals surface area (Å²) in [5.74, 6) is 0.722. The summed E-state index contributed by atoms with van der Waals surface area (Å²) in [6.45, 7) is 0.701. The lowest BCUT2D eigenvalue weighted by atomic mass is 10.2. The van der Waals surface area contributed by atoms with Crippen LogP contribution in [0.5, 0.6) is 0 Å². The molecule has 16 heavy (non-hydrogen) atoms. The monoisotopic (exact) mass is 297 g/mol. The maximum Gasteiger partial charge on any atom is 0.134 e. The standard InChI is InChI=1S/C11H9BrClN3/c12-9-3-1-2-8(4-9)6-14-11-5-10(13)15-7-16-11/h1-5,7H,6H2,(H,14,15,16). The normalized spacial score (nSPS) is 10.1. The lowest BCUT2D eigenvalue weighted by Crippen LogP contribution is -2.01. The Bertz CT molecular complexity index is 445. The van der Waals surface area contributed by atoms with Crippen LogP contribution in [0.4, 0.5) is 5.82 Å². The Kier molecular flexibility index (Phi) is 3.74. The summed E-state index contributed by atoms with van der Waals surface area (Å²) in [4.78, 5) is 7.87. The Morgan fingerprint density at radius 1 is 1.25 bits per heavy atom. The van der Waals surface area contributed by atoms with E-state index in [2.05, 4.69) is 37.3 Å². The molecule has 0 saturated carbocycles. The number of nitrogens with zero attached hydrogens (tertiary/aromatic N) is 2. The van der Waals surface area contributed by atoms with Crippen LogP contribution in [0, 0.1) is 0 Å². The second kappa shape index (κ2) is 5.27. The number of anilines is 1. The molecule has 0 saturated heterocycles. The Hall–Kier alpha value is -1.13. The summed E-state index contributed by atoms with van der Waals surface area (Å²) in [5, 5.41) is 3.61. The zero-order valence-corrected chi connectivity index (χ0v) is 10.7. The van der Waals surface area contributed by atoms with E-state index in [1.165, 1.54) is 11.9 Å². The fourth-order valence-corrected chi connectivity index (χ4v) is 1.86. The first kappa shape index (κ1) is 11.4. The molecule has 3 nitrogen and oxygen atoms in total. The number of rotatable bonds is 3. The molecule has 0 unspecified atom stereocenters. The van der Waals surface area contributed by atoms with E-state index in [4.69, 9.17) is 11.6 Å². The lowest BCUT2D eigenvalue weighted by Gasteiger charge is -2.05. The summed E-state index contributed by atoms with van der Waals surface area (Å²) >= 11 is 9.18. The number of benzene rings is 1. The average molecular weight is 299 g/mol. The highest BCUT2D eigenvalue weighted by Crippen LogP contribution is 2.14. The molecule has 0 fully saturated rings. The largest absolute Gasteiger partial charge is 0.366 e. The topological polar surface area (TPSA) is 37.8 Å². The van der Waals surface area contributed by atoms with Crippen molar-refractivity contribution >= 4 is 33.3 Å². The molecule has 0 spiro atoms. The van der Waals surface area contributed by atoms with Gasteiger partial charge in [-0.1, -0.05) is 39.7 Å². The average Bonchev–Trinajstić information content (AvgIpc) is 2.27. The van der Waals surface area contributed by atoms with Crippen LogP contribution < -0.4 is 5.32 Å². The molecule has 1 heterocycles. The molecule has 1 N–H and O–H groups in total. The molecule has 2 rings (SSSR count). The molecule has 5 heteroatoms. The first-order chi connectivity index (χ1) is 7.74. The smallest absolute Gasteiger partial charge is 0.134 e. The molecular formula is C11H9BrClN3. The van der Waals surface area contributed by atoms with Crippen molar-refractivity contribution in [3.63, 3.8) is 0 Å². The van der Waals surface area contributed by atoms with Crippen LogP contribution in [0.1, 0.15) is 5.56 Å². The van der Waals surface area contributed by atoms with Gasteiger partial charge in [-0.15, -0.1) is 0 Å². The molecule has 0 aliphatic rings. The molecule has 0 aliphatic carbocycles. The van der Waals surface area contributed by atoms with Crippen molar-refractivity contribution in [3.05, 3.63) is 51.8 Å². The highest BCUT2D eigenvalue weighted by Gasteiger charge is 1.97. The number of nitrogens with one attached hydrogen (secondary N) is 1. The predicted octanol–water partition coefficient (Wildman–Crippen LogP) is 3.50. The number of hydrogen-bond donors (Lipinski definition) is 1. The van der Waals surface area contributed by atoms with E-state index in [0.717, 1.165) is 10.3 Å². The van der Waals surface area contributed by atoms with Crippen LogP contribution >= 0.6 is 27.5 Å². The van der Waals surface area contributed by atoms with E-state index < -0.39 is 0 Å². The Balaban J connectivity index is 2.02. The number of aromatic nitrogens is 2. The van der Waals surface area contributed by atoms with Crippen LogP contribution in [0.3, 0.4) is 0 Å². The predicted molar refractivity (Wildman–Crippen MR) is 68.5 cm³/mol. The first-order valence-corrected chi connectivity index (χ1v) is 5.87. The third kappa shape index (κ3) is 3.18. The van der Waals surface area contributed by atoms with Crippen LogP contribution in [-0.2, 0) is 6.54 Å². The molecule has 0 amide bonds. The minimum Gasteiger partial charge on any atom is -0.366 e. The third-order valence-electron chi connectivity index (χ3n) is 2.00. The highest BCUT2D eigenvalue weighted by molar-refractivity contribution is 9.10. The number of halogens is 2. The first-order valence-electron chi connectivity index (χ1n) is 4.70. The van der Waals surface area contributed by atoms with Crippen LogP contribution in [-0.4, -0.2) is 9.97 Å². The van der Waals surface area contributed by atoms with Gasteiger partial charge in [0.1, 0.15) is 17.3 Å². The summed E-state index contributed by atoms with van der Waals surface area (Å²) in [5.41, 5.74) is 1.17. The number of hydrogen-bond acceptors (Lipinski definition) is 3. The fourth-order valence-electron chi connectivity index (χ4n) is 1.27. The van der Waals surface area contributed by atoms with E-state index >= 15 is 0 Å². The van der Waals surface area contributed by atoms with E-state index in [1.807, 2.05) is 18.2 Å². The summed E-state index contributed by atoms with van der Waals surface area (Å²) in [6.07, 6.45) is 1.44. The van der Waals surface area contributed by atoms with E-state index in [1.54, 1.807) is 6.07 Å². The third-order valence-corrected chi connectivity index (χ3v) is 2.70. The van der Waals surface area contributed by atoms with Gasteiger partial charge < -0.3 is 5.32 Å². The molecule has 0 aliphatic heterocycles. The van der Waals surface area contributed by atoms with Gasteiger partial charge in [-0.3, -0.25) is 0 Å². The van der Waals surface area contributed by atoms with Crippen molar-refractivity contribution in [2.75, 3.05) is 5.32 Å². The summed E-state index contributed by atoms with van der Waals surface area (Å²) in [7, 11) is 0. The van der Waals surface area contributed by atoms with Gasteiger partial charge in [0, 0.05) is 17.1 Å². The van der Waals surface area contributed by atoms with Gasteiger partial charge in [0.2, 0.25) is 0 Å². The van der Waals surface area contributed by atoms with Gasteiger partial charge in [0.05, 0.1) is 0 Å². The minimum absolute atomic E-state index is 0.437. The molecular weight excluding hydrogens is 289 g/mol. The second-order valence-electron chi connectivity index (χ2n) is 3.21. The Morgan fingerprint density at radius 2 is 2.12 bits per heavy atom. The zero-order chi connectivity index (χ0) is 11.4. The van der Waals surface area contributed by atoms with Gasteiger partial charge in [0.25, 0.3) is 0 Å². The van der Waals surface area contributed by atoms with Gasteiger partial charge in [-0.25, -0.2) is 9.97 Å². The molecule has 1 aromatic heterocycles. The zero-order valence-electron chi connectivity index (χ0n) is 8.32. The van der Waals surface area contributed by atoms with Gasteiger partial charge in [0.15, 0.2) is 0 Å². The molecule has 0 bridgehead atoms. The van der Waals surface area contributed by atoms with Crippen molar-refractivity contribution in [2.45, 2.75) is 6.54 Å². The summed E-state index contributed by atoms with van der Waals surface area (Å²) in [6, 6.07) is 9.77. The van der Waals surface area contributed by atoms with E-state index in [9.17, 15) is 0 Å². The van der Waals surface area contributed by atoms with Gasteiger partial charge in [-0.05, 0) is 17.7 Å². The second-order valence-corrected chi connectivity index (χ2v) is 4.51. The minimum atomic E-state index is 0.437. The SMILES string of the molecule is Clc1cc(NCc2cccc(Br)c2)ncn1. The van der Waals surface area contributed by atoms with Crippen LogP contribution in [0.2, 0.25) is 5.15 Å². The van der Waals surface area contributed by atoms with Crippen molar-refractivity contribution in [1.82, 2.24) is 9.97 Å². The molecule has 82 valence electrons. The van der Waals surface area contributed by atoms with Crippen LogP contribution in [0.25, 0.3) is 0 Å². The van der Waals surface area contributed by atoms with Gasteiger partial charge >= 0.3 is 0 Å². The Labute approximate surface area is 107 Å². The maximum absolute atomic E-state index is 5.75. The molecule has 0 atom stereocenters. The lowest BCUT2D eigenvalue weighted by molar-refractivity contribution is 1.08. The van der Waals surface area contributed by atoms with Gasteiger partial charge in [-0.2, -0.15) is 0 Å². The van der Waals surface area contributed by atoms with Crippen molar-refractivity contribution in [3.8, 4) is 0 Å². The highest BCUT2D eigenvalue weighted by atomic mass is 79.9. The van der Waals surface area contributed by atoms with Crippen LogP contribution in [0.15, 0.2) is 41.1 Å². The van der Waals surface area contributed by atoms with E-state index in [0.29, 0.717) is 11.7 Å². The Morgan fingerprint density at radius 3 is 2.88 bits per heavy atom. The molecule has 0 radical (unpaired) electrons. The van der Waals surface area contributed by atoms with Crippen molar-refractivity contribution in [2.24, 2.45) is 0 Å². The van der Waals surface area contributed by atoms with Crippen molar-refractivity contribution in [1.29, 1.82) is 0 Å². The molecule has 1 aromatic carbocycles. The van der Waals surface area contributed by atoms with Crippen molar-refractivity contribution < 1.29 is 0 Å². The summed E-state index contributed by atoms with van der Waals surface area (Å²) < 4.78 is 1.06. The quantitative estimate of drug-likeness (QED) is 0.881. The van der Waals surface area contributed by atoms with E-state index in [-0.39, 0.29) is 0 Å². The fraction of sp³-hybridized carbons (Fsp3) is 0.0909. The maximum atomic E-state index is 5.75. The molecule has 2 aromatic rings.